The number of hydrogen-bond acceptors (Lipinski definition) is 7. The molecule has 19 heavy (non-hydrogen) atoms. The lowest BCUT2D eigenvalue weighted by molar-refractivity contribution is 0.432. The number of rotatable bonds is 2. The van der Waals surface area contributed by atoms with Gasteiger partial charge in [0.1, 0.15) is 11.5 Å². The number of aromatic nitrogens is 5. The molecule has 3 aromatic rings. The highest BCUT2D eigenvalue weighted by molar-refractivity contribution is 5.57. The quantitative estimate of drug-likeness (QED) is 0.738. The zero-order chi connectivity index (χ0) is 13.2. The molecule has 0 spiro atoms. The van der Waals surface area contributed by atoms with Gasteiger partial charge in [0.05, 0.1) is 11.3 Å². The average Bonchev–Trinajstić information content (AvgIpc) is 2.90. The molecule has 7 nitrogen and oxygen atoms in total. The second-order valence-electron chi connectivity index (χ2n) is 3.95. The number of nitrogens with two attached hydrogens (primary N) is 1. The maximum absolute atomic E-state index is 5.52. The van der Waals surface area contributed by atoms with E-state index in [1.807, 2.05) is 13.0 Å². The van der Waals surface area contributed by atoms with E-state index in [1.54, 1.807) is 24.4 Å². The summed E-state index contributed by atoms with van der Waals surface area (Å²) in [7, 11) is 0. The van der Waals surface area contributed by atoms with E-state index >= 15 is 0 Å². The molecular weight excluding hydrogens is 244 g/mol. The first-order chi connectivity index (χ1) is 9.22. The molecule has 7 heteroatoms. The van der Waals surface area contributed by atoms with E-state index in [9.17, 15) is 0 Å². The highest BCUT2D eigenvalue weighted by Gasteiger charge is 2.12. The third-order valence-electron chi connectivity index (χ3n) is 2.49. The minimum absolute atomic E-state index is 0.366. The summed E-state index contributed by atoms with van der Waals surface area (Å²) < 4.78 is 5.17. The second-order valence-corrected chi connectivity index (χ2v) is 3.95. The van der Waals surface area contributed by atoms with Crippen molar-refractivity contribution >= 4 is 5.82 Å². The number of aryl methyl sites for hydroxylation is 1. The fourth-order valence-corrected chi connectivity index (χ4v) is 1.49. The lowest BCUT2D eigenvalue weighted by Gasteiger charge is -1.94. The maximum atomic E-state index is 5.52. The first kappa shape index (κ1) is 11.3. The molecule has 0 saturated heterocycles. The predicted molar refractivity (Wildman–Crippen MR) is 67.7 cm³/mol. The first-order valence-electron chi connectivity index (χ1n) is 5.59. The van der Waals surface area contributed by atoms with Crippen LogP contribution in [0.15, 0.2) is 35.0 Å². The van der Waals surface area contributed by atoms with E-state index < -0.39 is 0 Å². The fraction of sp³-hybridized carbons (Fsp3) is 0.0833. The molecule has 0 atom stereocenters. The van der Waals surface area contributed by atoms with Gasteiger partial charge >= 0.3 is 0 Å². The van der Waals surface area contributed by atoms with Crippen molar-refractivity contribution in [1.29, 1.82) is 0 Å². The topological polar surface area (TPSA) is 104 Å². The third kappa shape index (κ3) is 2.25. The molecule has 0 aliphatic heterocycles. The molecule has 3 heterocycles. The van der Waals surface area contributed by atoms with Crippen molar-refractivity contribution in [2.75, 3.05) is 5.73 Å². The van der Waals surface area contributed by atoms with Crippen molar-refractivity contribution in [1.82, 2.24) is 25.3 Å². The highest BCUT2D eigenvalue weighted by atomic mass is 16.5. The Balaban J connectivity index is 1.95. The van der Waals surface area contributed by atoms with Crippen LogP contribution in [0.1, 0.15) is 5.69 Å². The summed E-state index contributed by atoms with van der Waals surface area (Å²) in [5.41, 5.74) is 7.61. The summed E-state index contributed by atoms with van der Waals surface area (Å²) >= 11 is 0. The Bertz CT molecular complexity index is 629. The van der Waals surface area contributed by atoms with Crippen LogP contribution < -0.4 is 5.73 Å². The van der Waals surface area contributed by atoms with E-state index in [-0.39, 0.29) is 0 Å². The normalized spacial score (nSPS) is 10.6. The third-order valence-corrected chi connectivity index (χ3v) is 2.49. The van der Waals surface area contributed by atoms with Gasteiger partial charge < -0.3 is 10.3 Å². The molecule has 2 N–H and O–H groups in total. The van der Waals surface area contributed by atoms with Crippen LogP contribution in [0.4, 0.5) is 5.82 Å². The lowest BCUT2D eigenvalue weighted by atomic mass is 10.3. The summed E-state index contributed by atoms with van der Waals surface area (Å²) in [5, 5.41) is 11.8. The lowest BCUT2D eigenvalue weighted by Crippen LogP contribution is -1.91. The smallest absolute Gasteiger partial charge is 0.259 e. The van der Waals surface area contributed by atoms with Gasteiger partial charge in [-0.2, -0.15) is 10.1 Å². The minimum atomic E-state index is 0.366. The van der Waals surface area contributed by atoms with Crippen molar-refractivity contribution in [3.63, 3.8) is 0 Å². The van der Waals surface area contributed by atoms with Gasteiger partial charge in [-0.05, 0) is 31.2 Å². The number of nitrogens with zero attached hydrogens (tertiary/aromatic N) is 5. The van der Waals surface area contributed by atoms with Gasteiger partial charge in [-0.25, -0.2) is 4.98 Å². The molecule has 0 aliphatic rings. The van der Waals surface area contributed by atoms with Gasteiger partial charge in [-0.1, -0.05) is 5.16 Å². The number of nitrogen functional groups attached to an aromatic ring is 1. The largest absolute Gasteiger partial charge is 0.384 e. The van der Waals surface area contributed by atoms with Gasteiger partial charge in [0.15, 0.2) is 0 Å². The molecular formula is C12H10N6O. The van der Waals surface area contributed by atoms with Crippen molar-refractivity contribution in [3.8, 4) is 23.0 Å². The summed E-state index contributed by atoms with van der Waals surface area (Å²) in [6.45, 7) is 1.86. The summed E-state index contributed by atoms with van der Waals surface area (Å²) in [6, 6.07) is 7.06. The number of anilines is 1. The molecule has 94 valence electrons. The maximum Gasteiger partial charge on any atom is 0.259 e. The standard InChI is InChI=1S/C12H10N6O/c1-7-2-4-9(17-16-7)11-15-12(19-18-11)8-3-5-10(13)14-6-8/h2-6H,1H3,(H2,13,14). The van der Waals surface area contributed by atoms with Gasteiger partial charge in [-0.3, -0.25) is 0 Å². The average molecular weight is 254 g/mol. The molecule has 0 bridgehead atoms. The van der Waals surface area contributed by atoms with Gasteiger partial charge in [0, 0.05) is 6.20 Å². The van der Waals surface area contributed by atoms with Crippen molar-refractivity contribution < 1.29 is 4.52 Å². The zero-order valence-corrected chi connectivity index (χ0v) is 10.1. The summed E-state index contributed by atoms with van der Waals surface area (Å²) in [5.74, 6) is 1.19. The highest BCUT2D eigenvalue weighted by Crippen LogP contribution is 2.20. The van der Waals surface area contributed by atoms with Crippen LogP contribution in [0.2, 0.25) is 0 Å². The first-order valence-corrected chi connectivity index (χ1v) is 5.59. The minimum Gasteiger partial charge on any atom is -0.384 e. The van der Waals surface area contributed by atoms with Crippen molar-refractivity contribution in [2.24, 2.45) is 0 Å². The van der Waals surface area contributed by atoms with Crippen molar-refractivity contribution in [2.45, 2.75) is 6.92 Å². The van der Waals surface area contributed by atoms with Crippen LogP contribution in [-0.4, -0.2) is 25.3 Å². The summed E-state index contributed by atoms with van der Waals surface area (Å²) in [6.07, 6.45) is 1.58. The SMILES string of the molecule is Cc1ccc(-c2noc(-c3ccc(N)nc3)n2)nn1. The molecule has 0 aromatic carbocycles. The molecule has 0 aliphatic carbocycles. The Morgan fingerprint density at radius 1 is 1.11 bits per heavy atom. The van der Waals surface area contributed by atoms with Gasteiger partial charge in [0.25, 0.3) is 5.89 Å². The Labute approximate surface area is 108 Å². The molecule has 0 unspecified atom stereocenters. The van der Waals surface area contributed by atoms with E-state index in [4.69, 9.17) is 10.3 Å². The summed E-state index contributed by atoms with van der Waals surface area (Å²) in [4.78, 5) is 8.22. The molecule has 0 saturated carbocycles. The van der Waals surface area contributed by atoms with Crippen LogP contribution in [0.3, 0.4) is 0 Å². The number of pyridine rings is 1. The van der Waals surface area contributed by atoms with Gasteiger partial charge in [-0.15, -0.1) is 5.10 Å². The molecule has 0 fully saturated rings. The van der Waals surface area contributed by atoms with Crippen LogP contribution in [0, 0.1) is 6.92 Å². The van der Waals surface area contributed by atoms with Crippen LogP contribution >= 0.6 is 0 Å². The van der Waals surface area contributed by atoms with E-state index in [0.29, 0.717) is 28.8 Å². The molecule has 3 rings (SSSR count). The number of hydrogen-bond donors (Lipinski definition) is 1. The van der Waals surface area contributed by atoms with Crippen LogP contribution in [0.5, 0.6) is 0 Å². The second kappa shape index (κ2) is 4.45. The Morgan fingerprint density at radius 3 is 2.68 bits per heavy atom. The Morgan fingerprint density at radius 2 is 2.00 bits per heavy atom. The van der Waals surface area contributed by atoms with Crippen LogP contribution in [-0.2, 0) is 0 Å². The molecule has 0 amide bonds. The predicted octanol–water partition coefficient (Wildman–Crippen LogP) is 1.48. The Kier molecular flexibility index (Phi) is 2.64. The van der Waals surface area contributed by atoms with E-state index in [2.05, 4.69) is 25.3 Å². The Hall–Kier alpha value is -2.83. The van der Waals surface area contributed by atoms with E-state index in [0.717, 1.165) is 5.69 Å². The van der Waals surface area contributed by atoms with E-state index in [1.165, 1.54) is 0 Å². The zero-order valence-electron chi connectivity index (χ0n) is 10.1. The van der Waals surface area contributed by atoms with Crippen molar-refractivity contribution in [3.05, 3.63) is 36.2 Å². The van der Waals surface area contributed by atoms with Gasteiger partial charge in [0.2, 0.25) is 5.82 Å². The molecule has 3 aromatic heterocycles. The monoisotopic (exact) mass is 254 g/mol. The molecule has 0 radical (unpaired) electrons. The van der Waals surface area contributed by atoms with Crippen LogP contribution in [0.25, 0.3) is 23.0 Å². The fourth-order valence-electron chi connectivity index (χ4n) is 1.49.